The molecule has 7 nitrogen and oxygen atoms in total. The first-order valence-corrected chi connectivity index (χ1v) is 5.93. The third-order valence-electron chi connectivity index (χ3n) is 2.75. The van der Waals surface area contributed by atoms with Gasteiger partial charge in [0.25, 0.3) is 0 Å². The van der Waals surface area contributed by atoms with Gasteiger partial charge in [0.2, 0.25) is 5.95 Å². The van der Waals surface area contributed by atoms with E-state index in [1.54, 1.807) is 0 Å². The fourth-order valence-corrected chi connectivity index (χ4v) is 1.77. The average Bonchev–Trinajstić information content (AvgIpc) is 2.69. The summed E-state index contributed by atoms with van der Waals surface area (Å²) in [6.45, 7) is 5.61. The van der Waals surface area contributed by atoms with Crippen LogP contribution < -0.4 is 11.1 Å². The van der Waals surface area contributed by atoms with E-state index in [0.717, 1.165) is 38.7 Å². The van der Waals surface area contributed by atoms with Gasteiger partial charge >= 0.3 is 0 Å². The summed E-state index contributed by atoms with van der Waals surface area (Å²) in [6, 6.07) is 0. The molecule has 0 saturated carbocycles. The molecule has 1 aromatic heterocycles. The van der Waals surface area contributed by atoms with Gasteiger partial charge in [0.15, 0.2) is 0 Å². The van der Waals surface area contributed by atoms with Crippen molar-refractivity contribution in [3.05, 3.63) is 5.82 Å². The summed E-state index contributed by atoms with van der Waals surface area (Å²) < 4.78 is 7.13. The molecule has 0 aliphatic carbocycles. The number of hydrogen-bond acceptors (Lipinski definition) is 6. The van der Waals surface area contributed by atoms with Crippen molar-refractivity contribution in [2.24, 2.45) is 12.8 Å². The minimum absolute atomic E-state index is 0.580. The first kappa shape index (κ1) is 12.3. The topological polar surface area (TPSA) is 81.2 Å². The van der Waals surface area contributed by atoms with E-state index in [4.69, 9.17) is 10.5 Å². The van der Waals surface area contributed by atoms with Crippen LogP contribution in [-0.4, -0.2) is 59.1 Å². The standard InChI is InChI=1S/C10H20N6O/c1-15-9(8-16-4-6-17-7-5-16)13-10(14-15)12-3-2-11/h2-8,11H2,1H3,(H,12,14). The Balaban J connectivity index is 1.92. The van der Waals surface area contributed by atoms with E-state index in [1.807, 2.05) is 11.7 Å². The van der Waals surface area contributed by atoms with Crippen molar-refractivity contribution in [1.82, 2.24) is 19.7 Å². The zero-order valence-electron chi connectivity index (χ0n) is 10.2. The van der Waals surface area contributed by atoms with Gasteiger partial charge in [-0.2, -0.15) is 4.98 Å². The zero-order chi connectivity index (χ0) is 12.1. The zero-order valence-corrected chi connectivity index (χ0v) is 10.2. The largest absolute Gasteiger partial charge is 0.379 e. The molecule has 1 saturated heterocycles. The number of nitrogens with one attached hydrogen (secondary N) is 1. The van der Waals surface area contributed by atoms with Crippen LogP contribution in [-0.2, 0) is 18.3 Å². The third-order valence-corrected chi connectivity index (χ3v) is 2.75. The molecule has 0 unspecified atom stereocenters. The molecule has 0 atom stereocenters. The summed E-state index contributed by atoms with van der Waals surface area (Å²) in [5.41, 5.74) is 5.42. The Kier molecular flexibility index (Phi) is 4.29. The van der Waals surface area contributed by atoms with Crippen LogP contribution in [0.3, 0.4) is 0 Å². The van der Waals surface area contributed by atoms with Crippen LogP contribution >= 0.6 is 0 Å². The van der Waals surface area contributed by atoms with Crippen molar-refractivity contribution in [3.63, 3.8) is 0 Å². The van der Waals surface area contributed by atoms with Crippen molar-refractivity contribution in [2.75, 3.05) is 44.7 Å². The minimum atomic E-state index is 0.580. The lowest BCUT2D eigenvalue weighted by atomic mass is 10.4. The van der Waals surface area contributed by atoms with Crippen LogP contribution in [0.1, 0.15) is 5.82 Å². The van der Waals surface area contributed by atoms with Crippen molar-refractivity contribution < 1.29 is 4.74 Å². The number of anilines is 1. The smallest absolute Gasteiger partial charge is 0.242 e. The maximum atomic E-state index is 5.42. The van der Waals surface area contributed by atoms with E-state index in [1.165, 1.54) is 0 Å². The number of morpholine rings is 1. The van der Waals surface area contributed by atoms with Crippen LogP contribution in [0.4, 0.5) is 5.95 Å². The quantitative estimate of drug-likeness (QED) is 0.688. The predicted octanol–water partition coefficient (Wildman–Crippen LogP) is -0.982. The first-order chi connectivity index (χ1) is 8.29. The lowest BCUT2D eigenvalue weighted by molar-refractivity contribution is 0.0326. The van der Waals surface area contributed by atoms with Gasteiger partial charge in [-0.15, -0.1) is 5.10 Å². The maximum Gasteiger partial charge on any atom is 0.242 e. The Bertz CT molecular complexity index is 347. The van der Waals surface area contributed by atoms with Gasteiger partial charge in [0, 0.05) is 33.2 Å². The number of rotatable bonds is 5. The third kappa shape index (κ3) is 3.39. The van der Waals surface area contributed by atoms with E-state index < -0.39 is 0 Å². The summed E-state index contributed by atoms with van der Waals surface area (Å²) in [5.74, 6) is 1.62. The van der Waals surface area contributed by atoms with E-state index >= 15 is 0 Å². The van der Waals surface area contributed by atoms with Gasteiger partial charge in [-0.25, -0.2) is 4.68 Å². The molecule has 0 amide bonds. The molecule has 2 rings (SSSR count). The predicted molar refractivity (Wildman–Crippen MR) is 64.6 cm³/mol. The Hall–Kier alpha value is -1.18. The van der Waals surface area contributed by atoms with E-state index in [9.17, 15) is 0 Å². The van der Waals surface area contributed by atoms with Gasteiger partial charge in [-0.3, -0.25) is 4.90 Å². The van der Waals surface area contributed by atoms with E-state index in [2.05, 4.69) is 20.3 Å². The lowest BCUT2D eigenvalue weighted by Gasteiger charge is -2.25. The molecule has 1 aliphatic heterocycles. The highest BCUT2D eigenvalue weighted by molar-refractivity contribution is 5.23. The number of aryl methyl sites for hydroxylation is 1. The highest BCUT2D eigenvalue weighted by Crippen LogP contribution is 2.07. The molecular weight excluding hydrogens is 220 g/mol. The summed E-state index contributed by atoms with van der Waals surface area (Å²) in [7, 11) is 1.91. The lowest BCUT2D eigenvalue weighted by Crippen LogP contribution is -2.36. The average molecular weight is 240 g/mol. The second-order valence-corrected chi connectivity index (χ2v) is 4.08. The fourth-order valence-electron chi connectivity index (χ4n) is 1.77. The molecule has 0 bridgehead atoms. The van der Waals surface area contributed by atoms with Crippen LogP contribution in [0.2, 0.25) is 0 Å². The van der Waals surface area contributed by atoms with E-state index in [0.29, 0.717) is 19.0 Å². The van der Waals surface area contributed by atoms with Crippen LogP contribution in [0, 0.1) is 0 Å². The molecule has 96 valence electrons. The molecule has 2 heterocycles. The number of ether oxygens (including phenoxy) is 1. The second kappa shape index (κ2) is 5.95. The summed E-state index contributed by atoms with van der Waals surface area (Å²) in [4.78, 5) is 6.76. The fraction of sp³-hybridized carbons (Fsp3) is 0.800. The number of hydrogen-bond donors (Lipinski definition) is 2. The summed E-state index contributed by atoms with van der Waals surface area (Å²) >= 11 is 0. The molecule has 0 radical (unpaired) electrons. The molecule has 3 N–H and O–H groups in total. The van der Waals surface area contributed by atoms with Crippen LogP contribution in [0.25, 0.3) is 0 Å². The molecule has 1 aromatic rings. The number of nitrogens with zero attached hydrogens (tertiary/aromatic N) is 4. The molecular formula is C10H20N6O. The first-order valence-electron chi connectivity index (χ1n) is 5.93. The van der Waals surface area contributed by atoms with E-state index in [-0.39, 0.29) is 0 Å². The van der Waals surface area contributed by atoms with Crippen molar-refractivity contribution in [2.45, 2.75) is 6.54 Å². The molecule has 0 aromatic carbocycles. The number of nitrogens with two attached hydrogens (primary N) is 1. The Labute approximate surface area is 101 Å². The molecule has 1 aliphatic rings. The van der Waals surface area contributed by atoms with Crippen LogP contribution in [0.15, 0.2) is 0 Å². The minimum Gasteiger partial charge on any atom is -0.379 e. The Morgan fingerprint density at radius 1 is 1.41 bits per heavy atom. The maximum absolute atomic E-state index is 5.42. The monoisotopic (exact) mass is 240 g/mol. The van der Waals surface area contributed by atoms with Gasteiger partial charge in [0.05, 0.1) is 19.8 Å². The van der Waals surface area contributed by atoms with Crippen molar-refractivity contribution in [1.29, 1.82) is 0 Å². The van der Waals surface area contributed by atoms with Gasteiger partial charge in [-0.1, -0.05) is 0 Å². The highest BCUT2D eigenvalue weighted by atomic mass is 16.5. The van der Waals surface area contributed by atoms with Crippen molar-refractivity contribution in [3.8, 4) is 0 Å². The summed E-state index contributed by atoms with van der Waals surface area (Å²) in [6.07, 6.45) is 0. The Morgan fingerprint density at radius 3 is 2.88 bits per heavy atom. The second-order valence-electron chi connectivity index (χ2n) is 4.08. The SMILES string of the molecule is Cn1nc(NCCN)nc1CN1CCOCC1. The van der Waals surface area contributed by atoms with Crippen LogP contribution in [0.5, 0.6) is 0 Å². The van der Waals surface area contributed by atoms with Crippen molar-refractivity contribution >= 4 is 5.95 Å². The Morgan fingerprint density at radius 2 is 2.18 bits per heavy atom. The highest BCUT2D eigenvalue weighted by Gasteiger charge is 2.14. The summed E-state index contributed by atoms with van der Waals surface area (Å²) in [5, 5.41) is 7.38. The van der Waals surface area contributed by atoms with Gasteiger partial charge < -0.3 is 15.8 Å². The van der Waals surface area contributed by atoms with Gasteiger partial charge in [0.1, 0.15) is 5.82 Å². The molecule has 0 spiro atoms. The normalized spacial score (nSPS) is 17.3. The number of aromatic nitrogens is 3. The molecule has 17 heavy (non-hydrogen) atoms. The van der Waals surface area contributed by atoms with Gasteiger partial charge in [-0.05, 0) is 0 Å². The molecule has 7 heteroatoms. The molecule has 1 fully saturated rings.